The minimum absolute atomic E-state index is 0.295. The molecule has 10 nitrogen and oxygen atoms in total. The van der Waals surface area contributed by atoms with Gasteiger partial charge in [-0.2, -0.15) is 0 Å². The van der Waals surface area contributed by atoms with Gasteiger partial charge in [0.1, 0.15) is 11.1 Å². The number of thioether (sulfide) groups is 2. The van der Waals surface area contributed by atoms with Crippen molar-refractivity contribution >= 4 is 29.5 Å². The smallest absolute Gasteiger partial charge is 0.355 e. The molecule has 0 aliphatic carbocycles. The van der Waals surface area contributed by atoms with Crippen molar-refractivity contribution in [2.75, 3.05) is 18.6 Å². The molecule has 2 aromatic carbocycles. The Bertz CT molecular complexity index is 1220. The number of ether oxygens (including phenoxy) is 2. The van der Waals surface area contributed by atoms with E-state index in [4.69, 9.17) is 15.2 Å². The Hall–Kier alpha value is -2.90. The van der Waals surface area contributed by atoms with Crippen LogP contribution < -0.4 is 5.73 Å². The second-order valence-corrected chi connectivity index (χ2v) is 10.4. The number of aliphatic hydroxyl groups is 1. The zero-order valence-electron chi connectivity index (χ0n) is 19.7. The molecule has 1 saturated heterocycles. The molecule has 12 heteroatoms. The first kappa shape index (κ1) is 24.8. The number of nitrogens with zero attached hydrogens (tertiary/aromatic N) is 5. The van der Waals surface area contributed by atoms with Crippen molar-refractivity contribution in [3.05, 3.63) is 83.1 Å². The number of methoxy groups -OCH3 is 1. The van der Waals surface area contributed by atoms with E-state index in [-0.39, 0.29) is 0 Å². The Labute approximate surface area is 216 Å². The summed E-state index contributed by atoms with van der Waals surface area (Å²) in [7, 11) is 3.21. The van der Waals surface area contributed by atoms with Gasteiger partial charge < -0.3 is 19.5 Å². The van der Waals surface area contributed by atoms with Crippen LogP contribution in [0, 0.1) is 0 Å². The van der Waals surface area contributed by atoms with E-state index in [1.165, 1.54) is 30.6 Å². The lowest BCUT2D eigenvalue weighted by Crippen LogP contribution is -2.81. The summed E-state index contributed by atoms with van der Waals surface area (Å²) in [6, 6.07) is 19.1. The number of benzene rings is 2. The van der Waals surface area contributed by atoms with Crippen molar-refractivity contribution in [2.24, 2.45) is 12.8 Å². The highest BCUT2D eigenvalue weighted by Gasteiger charge is 2.63. The third-order valence-corrected chi connectivity index (χ3v) is 8.77. The zero-order chi connectivity index (χ0) is 25.3. The zero-order valence-corrected chi connectivity index (χ0v) is 21.4. The van der Waals surface area contributed by atoms with Crippen LogP contribution in [0.3, 0.4) is 0 Å². The van der Waals surface area contributed by atoms with Crippen LogP contribution in [0.15, 0.2) is 77.1 Å². The molecule has 3 aromatic rings. The lowest BCUT2D eigenvalue weighted by Gasteiger charge is -2.60. The summed E-state index contributed by atoms with van der Waals surface area (Å²) < 4.78 is 13.2. The molecule has 36 heavy (non-hydrogen) atoms. The Balaban J connectivity index is 1.49. The van der Waals surface area contributed by atoms with Gasteiger partial charge in [0.25, 0.3) is 0 Å². The first-order valence-electron chi connectivity index (χ1n) is 11.2. The Morgan fingerprint density at radius 2 is 1.86 bits per heavy atom. The molecular weight excluding hydrogens is 500 g/mol. The molecule has 2 aliphatic heterocycles. The van der Waals surface area contributed by atoms with E-state index < -0.39 is 29.4 Å². The molecular formula is C24H26N6O4S2. The number of hydrogen-bond acceptors (Lipinski definition) is 11. The van der Waals surface area contributed by atoms with E-state index >= 15 is 0 Å². The molecule has 0 radical (unpaired) electrons. The van der Waals surface area contributed by atoms with E-state index in [2.05, 4.69) is 15.5 Å². The van der Waals surface area contributed by atoms with Crippen LogP contribution in [-0.2, 0) is 21.3 Å². The topological polar surface area (TPSA) is 129 Å². The van der Waals surface area contributed by atoms with Gasteiger partial charge in [-0.05, 0) is 27.1 Å². The van der Waals surface area contributed by atoms with E-state index in [1.807, 2.05) is 60.7 Å². The molecule has 0 bridgehead atoms. The summed E-state index contributed by atoms with van der Waals surface area (Å²) in [4.78, 5) is 15.4. The number of aromatic nitrogens is 4. The highest BCUT2D eigenvalue weighted by atomic mass is 32.2. The SMILES string of the molecule is CO[C@@]1(N)C(O)N2C(C(=O)OC(c3ccccc3)c3ccccc3)=C(CSc3nnnn3C)CSC21. The highest BCUT2D eigenvalue weighted by Crippen LogP contribution is 2.49. The number of tetrazole rings is 1. The van der Waals surface area contributed by atoms with Gasteiger partial charge in [-0.25, -0.2) is 9.48 Å². The van der Waals surface area contributed by atoms with Crippen LogP contribution in [0.2, 0.25) is 0 Å². The molecule has 188 valence electrons. The molecule has 2 unspecified atom stereocenters. The number of hydrogen-bond donors (Lipinski definition) is 2. The summed E-state index contributed by atoms with van der Waals surface area (Å²) in [5.74, 6) is 0.412. The molecule has 0 spiro atoms. The summed E-state index contributed by atoms with van der Waals surface area (Å²) in [5.41, 5.74) is 7.80. The molecule has 0 amide bonds. The fraction of sp³-hybridized carbons (Fsp3) is 0.333. The average molecular weight is 527 g/mol. The Morgan fingerprint density at radius 1 is 1.22 bits per heavy atom. The van der Waals surface area contributed by atoms with Gasteiger partial charge >= 0.3 is 5.97 Å². The van der Waals surface area contributed by atoms with Gasteiger partial charge in [0, 0.05) is 25.7 Å². The maximum atomic E-state index is 13.9. The van der Waals surface area contributed by atoms with Gasteiger partial charge in [0.15, 0.2) is 18.1 Å². The molecule has 0 saturated carbocycles. The quantitative estimate of drug-likeness (QED) is 0.254. The van der Waals surface area contributed by atoms with Crippen molar-refractivity contribution in [1.29, 1.82) is 0 Å². The van der Waals surface area contributed by atoms with Gasteiger partial charge in [-0.15, -0.1) is 16.9 Å². The van der Waals surface area contributed by atoms with E-state index in [0.29, 0.717) is 22.4 Å². The lowest BCUT2D eigenvalue weighted by atomic mass is 9.98. The number of esters is 1. The van der Waals surface area contributed by atoms with Crippen LogP contribution >= 0.6 is 23.5 Å². The number of aryl methyl sites for hydroxylation is 1. The van der Waals surface area contributed by atoms with Gasteiger partial charge in [-0.3, -0.25) is 5.73 Å². The number of aliphatic hydroxyl groups excluding tert-OH is 1. The molecule has 3 atom stereocenters. The predicted molar refractivity (Wildman–Crippen MR) is 135 cm³/mol. The number of rotatable bonds is 8. The molecule has 3 N–H and O–H groups in total. The van der Waals surface area contributed by atoms with E-state index in [9.17, 15) is 9.90 Å². The van der Waals surface area contributed by atoms with Crippen LogP contribution in [0.1, 0.15) is 17.2 Å². The number of carbonyl (C=O) groups is 1. The number of nitrogens with two attached hydrogens (primary N) is 1. The monoisotopic (exact) mass is 526 g/mol. The molecule has 3 heterocycles. The fourth-order valence-corrected chi connectivity index (χ4v) is 6.74. The molecule has 1 fully saturated rings. The minimum atomic E-state index is -1.29. The van der Waals surface area contributed by atoms with Gasteiger partial charge in [0.2, 0.25) is 5.16 Å². The highest BCUT2D eigenvalue weighted by molar-refractivity contribution is 8.00. The van der Waals surface area contributed by atoms with Crippen molar-refractivity contribution in [2.45, 2.75) is 28.6 Å². The first-order chi connectivity index (χ1) is 17.4. The molecule has 2 aliphatic rings. The molecule has 1 aromatic heterocycles. The first-order valence-corrected chi connectivity index (χ1v) is 13.3. The van der Waals surface area contributed by atoms with Crippen molar-refractivity contribution < 1.29 is 19.4 Å². The largest absolute Gasteiger partial charge is 0.448 e. The van der Waals surface area contributed by atoms with Crippen LogP contribution in [-0.4, -0.2) is 72.1 Å². The van der Waals surface area contributed by atoms with Crippen LogP contribution in [0.5, 0.6) is 0 Å². The normalized spacial score (nSPS) is 23.4. The lowest BCUT2D eigenvalue weighted by molar-refractivity contribution is -0.251. The Kier molecular flexibility index (Phi) is 7.04. The summed E-state index contributed by atoms with van der Waals surface area (Å²) in [5, 5.41) is 22.7. The second kappa shape index (κ2) is 10.2. The standard InChI is InChI=1S/C24H26N6O4S2/c1-29-23(26-27-28-29)36-14-17-13-35-22-24(25,33-2)21(32)30(22)18(17)20(31)34-19(15-9-5-3-6-10-15)16-11-7-4-8-12-16/h3-12,19,21-22,32H,13-14,25H2,1-2H3/t21?,22?,24-/m0/s1. The third kappa shape index (κ3) is 4.39. The maximum Gasteiger partial charge on any atom is 0.355 e. The number of carbonyl (C=O) groups excluding carboxylic acids is 1. The van der Waals surface area contributed by atoms with Crippen molar-refractivity contribution in [1.82, 2.24) is 25.1 Å². The summed E-state index contributed by atoms with van der Waals surface area (Å²) in [6.45, 7) is 0. The van der Waals surface area contributed by atoms with Crippen molar-refractivity contribution in [3.63, 3.8) is 0 Å². The predicted octanol–water partition coefficient (Wildman–Crippen LogP) is 1.90. The summed E-state index contributed by atoms with van der Waals surface area (Å²) >= 11 is 2.91. The fourth-order valence-electron chi connectivity index (χ4n) is 4.30. The third-order valence-electron chi connectivity index (χ3n) is 6.25. The number of fused-ring (bicyclic) bond motifs is 1. The Morgan fingerprint density at radius 3 is 2.42 bits per heavy atom. The van der Waals surface area contributed by atoms with Gasteiger partial charge in [0.05, 0.1) is 0 Å². The minimum Gasteiger partial charge on any atom is -0.448 e. The average Bonchev–Trinajstić information content (AvgIpc) is 3.34. The second-order valence-electron chi connectivity index (χ2n) is 8.43. The van der Waals surface area contributed by atoms with E-state index in [1.54, 1.807) is 16.6 Å². The van der Waals surface area contributed by atoms with Gasteiger partial charge in [-0.1, -0.05) is 72.4 Å². The van der Waals surface area contributed by atoms with Crippen LogP contribution in [0.25, 0.3) is 0 Å². The summed E-state index contributed by atoms with van der Waals surface area (Å²) in [6.07, 6.45) is -1.83. The maximum absolute atomic E-state index is 13.9. The van der Waals surface area contributed by atoms with E-state index in [0.717, 1.165) is 16.7 Å². The van der Waals surface area contributed by atoms with Crippen LogP contribution in [0.4, 0.5) is 0 Å². The molecule has 5 rings (SSSR count). The van der Waals surface area contributed by atoms with Crippen molar-refractivity contribution in [3.8, 4) is 0 Å².